The fourth-order valence-corrected chi connectivity index (χ4v) is 4.74. The monoisotopic (exact) mass is 495 g/mol. The number of halogens is 3. The average Bonchev–Trinajstić information content (AvgIpc) is 2.75. The molecule has 0 heterocycles. The molecule has 0 bridgehead atoms. The molecule has 31 heavy (non-hydrogen) atoms. The Hall–Kier alpha value is -2.58. The molecule has 0 aliphatic carbocycles. The SMILES string of the molecule is O=C(CN(c1cccc(Cl)c1Cl)S(=O)(=O)c1ccccc1)N/N=C/c1cccc(Cl)c1. The van der Waals surface area contributed by atoms with E-state index in [1.807, 2.05) is 0 Å². The second kappa shape index (κ2) is 10.2. The molecule has 0 aliphatic heterocycles. The highest BCUT2D eigenvalue weighted by Crippen LogP contribution is 2.35. The van der Waals surface area contributed by atoms with E-state index in [0.717, 1.165) is 4.31 Å². The molecule has 160 valence electrons. The van der Waals surface area contributed by atoms with Crippen LogP contribution in [-0.4, -0.2) is 27.1 Å². The van der Waals surface area contributed by atoms with Crippen molar-refractivity contribution in [2.24, 2.45) is 5.10 Å². The van der Waals surface area contributed by atoms with Crippen LogP contribution in [0.2, 0.25) is 15.1 Å². The fourth-order valence-electron chi connectivity index (χ4n) is 2.64. The Balaban J connectivity index is 1.88. The maximum Gasteiger partial charge on any atom is 0.264 e. The molecule has 0 radical (unpaired) electrons. The van der Waals surface area contributed by atoms with Crippen molar-refractivity contribution in [1.82, 2.24) is 5.43 Å². The van der Waals surface area contributed by atoms with E-state index in [0.29, 0.717) is 10.6 Å². The van der Waals surface area contributed by atoms with Crippen LogP contribution in [0.25, 0.3) is 0 Å². The summed E-state index contributed by atoms with van der Waals surface area (Å²) >= 11 is 18.2. The minimum absolute atomic E-state index is 0.00118. The van der Waals surface area contributed by atoms with Crippen molar-refractivity contribution in [2.45, 2.75) is 4.90 Å². The van der Waals surface area contributed by atoms with E-state index in [9.17, 15) is 13.2 Å². The summed E-state index contributed by atoms with van der Waals surface area (Å²) in [4.78, 5) is 12.5. The highest BCUT2D eigenvalue weighted by molar-refractivity contribution is 7.92. The second-order valence-electron chi connectivity index (χ2n) is 6.25. The van der Waals surface area contributed by atoms with Gasteiger partial charge >= 0.3 is 0 Å². The van der Waals surface area contributed by atoms with Crippen molar-refractivity contribution in [3.63, 3.8) is 0 Å². The number of amides is 1. The first-order valence-electron chi connectivity index (χ1n) is 8.88. The summed E-state index contributed by atoms with van der Waals surface area (Å²) in [5, 5.41) is 4.55. The predicted molar refractivity (Wildman–Crippen MR) is 125 cm³/mol. The van der Waals surface area contributed by atoms with Crippen LogP contribution in [0, 0.1) is 0 Å². The lowest BCUT2D eigenvalue weighted by molar-refractivity contribution is -0.119. The van der Waals surface area contributed by atoms with Crippen LogP contribution in [0.5, 0.6) is 0 Å². The van der Waals surface area contributed by atoms with Gasteiger partial charge in [-0.2, -0.15) is 5.10 Å². The normalized spacial score (nSPS) is 11.5. The standard InChI is InChI=1S/C21H16Cl3N3O3S/c22-16-7-4-6-15(12-16)13-25-26-20(28)14-27(19-11-5-10-18(23)21(19)24)31(29,30)17-8-2-1-3-9-17/h1-13H,14H2,(H,26,28)/b25-13+. The zero-order chi connectivity index (χ0) is 22.4. The molecule has 0 spiro atoms. The Morgan fingerprint density at radius 3 is 2.39 bits per heavy atom. The van der Waals surface area contributed by atoms with Crippen LogP contribution >= 0.6 is 34.8 Å². The van der Waals surface area contributed by atoms with E-state index in [1.54, 1.807) is 48.5 Å². The molecule has 0 unspecified atom stereocenters. The topological polar surface area (TPSA) is 78.8 Å². The summed E-state index contributed by atoms with van der Waals surface area (Å²) in [6.45, 7) is -0.565. The van der Waals surface area contributed by atoms with Gasteiger partial charge in [0.15, 0.2) is 0 Å². The minimum Gasteiger partial charge on any atom is -0.271 e. The van der Waals surface area contributed by atoms with Gasteiger partial charge < -0.3 is 0 Å². The maximum atomic E-state index is 13.3. The van der Waals surface area contributed by atoms with E-state index in [1.165, 1.54) is 30.5 Å². The third kappa shape index (κ3) is 5.77. The number of hydrogen-bond donors (Lipinski definition) is 1. The van der Waals surface area contributed by atoms with Crippen molar-refractivity contribution in [2.75, 3.05) is 10.8 Å². The Morgan fingerprint density at radius 2 is 1.68 bits per heavy atom. The van der Waals surface area contributed by atoms with Gasteiger partial charge in [0.25, 0.3) is 15.9 Å². The van der Waals surface area contributed by atoms with Crippen LogP contribution < -0.4 is 9.73 Å². The van der Waals surface area contributed by atoms with Gasteiger partial charge in [0.1, 0.15) is 6.54 Å². The number of benzene rings is 3. The highest BCUT2D eigenvalue weighted by Gasteiger charge is 2.29. The number of anilines is 1. The number of hydrazone groups is 1. The summed E-state index contributed by atoms with van der Waals surface area (Å²) < 4.78 is 27.4. The molecule has 10 heteroatoms. The van der Waals surface area contributed by atoms with Gasteiger partial charge in [0, 0.05) is 5.02 Å². The van der Waals surface area contributed by atoms with E-state index in [4.69, 9.17) is 34.8 Å². The molecule has 3 aromatic rings. The van der Waals surface area contributed by atoms with Crippen LogP contribution in [-0.2, 0) is 14.8 Å². The fraction of sp³-hybridized carbons (Fsp3) is 0.0476. The largest absolute Gasteiger partial charge is 0.271 e. The van der Waals surface area contributed by atoms with Gasteiger partial charge in [-0.1, -0.05) is 71.2 Å². The van der Waals surface area contributed by atoms with Crippen molar-refractivity contribution in [3.05, 3.63) is 93.4 Å². The number of rotatable bonds is 7. The summed E-state index contributed by atoms with van der Waals surface area (Å²) in [5.41, 5.74) is 3.06. The maximum absolute atomic E-state index is 13.3. The van der Waals surface area contributed by atoms with Crippen LogP contribution in [0.4, 0.5) is 5.69 Å². The molecule has 1 N–H and O–H groups in total. The summed E-state index contributed by atoms with van der Waals surface area (Å²) in [6, 6.07) is 19.1. The summed E-state index contributed by atoms with van der Waals surface area (Å²) in [6.07, 6.45) is 1.40. The first-order chi connectivity index (χ1) is 14.8. The number of carbonyl (C=O) groups is 1. The molecular weight excluding hydrogens is 481 g/mol. The molecule has 0 atom stereocenters. The zero-order valence-corrected chi connectivity index (χ0v) is 19.0. The highest BCUT2D eigenvalue weighted by atomic mass is 35.5. The quantitative estimate of drug-likeness (QED) is 0.370. The van der Waals surface area contributed by atoms with Gasteiger partial charge in [0.05, 0.1) is 26.8 Å². The van der Waals surface area contributed by atoms with Crippen LogP contribution in [0.15, 0.2) is 82.8 Å². The third-order valence-corrected chi connectivity index (χ3v) is 6.89. The van der Waals surface area contributed by atoms with Gasteiger partial charge in [0.2, 0.25) is 0 Å². The second-order valence-corrected chi connectivity index (χ2v) is 9.33. The molecular formula is C21H16Cl3N3O3S. The Kier molecular flexibility index (Phi) is 7.56. The van der Waals surface area contributed by atoms with E-state index >= 15 is 0 Å². The van der Waals surface area contributed by atoms with Crippen LogP contribution in [0.1, 0.15) is 5.56 Å². The number of sulfonamides is 1. The summed E-state index contributed by atoms with van der Waals surface area (Å²) in [5.74, 6) is -0.672. The number of nitrogens with one attached hydrogen (secondary N) is 1. The first kappa shape index (κ1) is 23.1. The van der Waals surface area contributed by atoms with E-state index in [2.05, 4.69) is 10.5 Å². The molecule has 3 aromatic carbocycles. The zero-order valence-electron chi connectivity index (χ0n) is 15.9. The van der Waals surface area contributed by atoms with Crippen molar-refractivity contribution in [1.29, 1.82) is 0 Å². The Bertz CT molecular complexity index is 1220. The number of hydrogen-bond acceptors (Lipinski definition) is 4. The smallest absolute Gasteiger partial charge is 0.264 e. The molecule has 3 rings (SSSR count). The number of nitrogens with zero attached hydrogens (tertiary/aromatic N) is 2. The van der Waals surface area contributed by atoms with Gasteiger partial charge in [-0.05, 0) is 42.0 Å². The van der Waals surface area contributed by atoms with Gasteiger partial charge in [-0.3, -0.25) is 9.10 Å². The predicted octanol–water partition coefficient (Wildman–Crippen LogP) is 4.99. The summed E-state index contributed by atoms with van der Waals surface area (Å²) in [7, 11) is -4.11. The molecule has 0 aliphatic rings. The van der Waals surface area contributed by atoms with Crippen molar-refractivity contribution in [3.8, 4) is 0 Å². The lowest BCUT2D eigenvalue weighted by atomic mass is 10.2. The van der Waals surface area contributed by atoms with Crippen molar-refractivity contribution >= 4 is 62.6 Å². The molecule has 6 nitrogen and oxygen atoms in total. The van der Waals surface area contributed by atoms with Gasteiger partial charge in [-0.15, -0.1) is 0 Å². The molecule has 0 saturated heterocycles. The molecule has 0 fully saturated rings. The third-order valence-electron chi connectivity index (χ3n) is 4.07. The van der Waals surface area contributed by atoms with Gasteiger partial charge in [-0.25, -0.2) is 13.8 Å². The van der Waals surface area contributed by atoms with Crippen molar-refractivity contribution < 1.29 is 13.2 Å². The van der Waals surface area contributed by atoms with Crippen LogP contribution in [0.3, 0.4) is 0 Å². The van der Waals surface area contributed by atoms with E-state index < -0.39 is 22.5 Å². The Morgan fingerprint density at radius 1 is 0.968 bits per heavy atom. The Labute approximate surface area is 195 Å². The first-order valence-corrected chi connectivity index (χ1v) is 11.5. The molecule has 0 saturated carbocycles. The molecule has 1 amide bonds. The average molecular weight is 497 g/mol. The molecule has 0 aromatic heterocycles. The lowest BCUT2D eigenvalue weighted by Crippen LogP contribution is -2.39. The number of carbonyl (C=O) groups excluding carboxylic acids is 1. The van der Waals surface area contributed by atoms with E-state index in [-0.39, 0.29) is 20.6 Å². The lowest BCUT2D eigenvalue weighted by Gasteiger charge is -2.24. The minimum atomic E-state index is -4.11.